The molecule has 0 aliphatic carbocycles. The van der Waals surface area contributed by atoms with Crippen LogP contribution in [0.3, 0.4) is 0 Å². The lowest BCUT2D eigenvalue weighted by Gasteiger charge is -2.22. The summed E-state index contributed by atoms with van der Waals surface area (Å²) < 4.78 is 13.7. The lowest BCUT2D eigenvalue weighted by Crippen LogP contribution is -2.33. The number of fused-ring (bicyclic) bond motifs is 1. The van der Waals surface area contributed by atoms with Crippen LogP contribution in [0.2, 0.25) is 0 Å². The zero-order valence-corrected chi connectivity index (χ0v) is 10.8. The van der Waals surface area contributed by atoms with Gasteiger partial charge >= 0.3 is 0 Å². The van der Waals surface area contributed by atoms with E-state index in [-0.39, 0.29) is 17.8 Å². The number of amides is 1. The van der Waals surface area contributed by atoms with E-state index in [4.69, 9.17) is 0 Å². The summed E-state index contributed by atoms with van der Waals surface area (Å²) in [7, 11) is 1.76. The Kier molecular flexibility index (Phi) is 3.32. The maximum atomic E-state index is 13.7. The summed E-state index contributed by atoms with van der Waals surface area (Å²) in [5.41, 5.74) is 0.545. The number of hydrogen-bond acceptors (Lipinski definition) is 1. The number of carbonyl (C=O) groups is 1. The average molecular weight is 245 g/mol. The largest absolute Gasteiger partial charge is 0.339 e. The van der Waals surface area contributed by atoms with Crippen molar-refractivity contribution in [2.24, 2.45) is 0 Å². The fourth-order valence-electron chi connectivity index (χ4n) is 1.87. The molecule has 0 aromatic heterocycles. The number of benzene rings is 2. The van der Waals surface area contributed by atoms with Crippen LogP contribution in [0.15, 0.2) is 36.4 Å². The molecule has 0 N–H and O–H groups in total. The van der Waals surface area contributed by atoms with Crippen molar-refractivity contribution in [3.8, 4) is 0 Å². The predicted octanol–water partition coefficient (Wildman–Crippen LogP) is 3.46. The Morgan fingerprint density at radius 2 is 1.72 bits per heavy atom. The zero-order chi connectivity index (χ0) is 13.3. The fraction of sp³-hybridized carbons (Fsp3) is 0.267. The van der Waals surface area contributed by atoms with E-state index < -0.39 is 0 Å². The lowest BCUT2D eigenvalue weighted by molar-refractivity contribution is 0.0757. The predicted molar refractivity (Wildman–Crippen MR) is 71.1 cm³/mol. The second kappa shape index (κ2) is 4.77. The quantitative estimate of drug-likeness (QED) is 0.793. The van der Waals surface area contributed by atoms with Gasteiger partial charge in [-0.15, -0.1) is 0 Å². The van der Waals surface area contributed by atoms with Gasteiger partial charge in [-0.05, 0) is 31.4 Å². The summed E-state index contributed by atoms with van der Waals surface area (Å²) in [6.45, 7) is 3.90. The number of carbonyl (C=O) groups excluding carboxylic acids is 1. The summed E-state index contributed by atoms with van der Waals surface area (Å²) in [4.78, 5) is 14.0. The maximum Gasteiger partial charge on any atom is 0.254 e. The highest BCUT2D eigenvalue weighted by molar-refractivity contribution is 6.07. The van der Waals surface area contributed by atoms with Crippen molar-refractivity contribution in [3.05, 3.63) is 47.8 Å². The third-order valence-corrected chi connectivity index (χ3v) is 3.20. The molecule has 1 amide bonds. The van der Waals surface area contributed by atoms with Crippen LogP contribution in [0.5, 0.6) is 0 Å². The van der Waals surface area contributed by atoms with Gasteiger partial charge in [0.2, 0.25) is 0 Å². The van der Waals surface area contributed by atoms with Gasteiger partial charge in [0.05, 0.1) is 0 Å². The second-order valence-corrected chi connectivity index (χ2v) is 4.65. The minimum atomic E-state index is -0.297. The van der Waals surface area contributed by atoms with Crippen molar-refractivity contribution in [1.82, 2.24) is 4.90 Å². The molecule has 0 fully saturated rings. The molecule has 0 bridgehead atoms. The van der Waals surface area contributed by atoms with Gasteiger partial charge in [0, 0.05) is 24.0 Å². The number of halogens is 1. The summed E-state index contributed by atoms with van der Waals surface area (Å²) in [6.07, 6.45) is 0. The van der Waals surface area contributed by atoms with Gasteiger partial charge in [-0.3, -0.25) is 4.79 Å². The summed E-state index contributed by atoms with van der Waals surface area (Å²) in [5, 5.41) is 1.15. The van der Waals surface area contributed by atoms with Crippen molar-refractivity contribution < 1.29 is 9.18 Å². The van der Waals surface area contributed by atoms with E-state index in [1.165, 1.54) is 6.07 Å². The van der Waals surface area contributed by atoms with Crippen molar-refractivity contribution in [2.75, 3.05) is 7.05 Å². The van der Waals surface area contributed by atoms with E-state index in [1.54, 1.807) is 36.2 Å². The Morgan fingerprint density at radius 1 is 1.11 bits per heavy atom. The van der Waals surface area contributed by atoms with Gasteiger partial charge < -0.3 is 4.90 Å². The van der Waals surface area contributed by atoms with Crippen molar-refractivity contribution in [3.63, 3.8) is 0 Å². The van der Waals surface area contributed by atoms with E-state index in [0.29, 0.717) is 16.3 Å². The van der Waals surface area contributed by atoms with Gasteiger partial charge in [-0.2, -0.15) is 0 Å². The first-order chi connectivity index (χ1) is 8.52. The number of rotatable bonds is 2. The summed E-state index contributed by atoms with van der Waals surface area (Å²) >= 11 is 0. The van der Waals surface area contributed by atoms with Gasteiger partial charge in [-0.25, -0.2) is 4.39 Å². The van der Waals surface area contributed by atoms with Crippen LogP contribution in [0.1, 0.15) is 24.2 Å². The van der Waals surface area contributed by atoms with E-state index in [2.05, 4.69) is 0 Å². The average Bonchev–Trinajstić information content (AvgIpc) is 2.38. The highest BCUT2D eigenvalue weighted by atomic mass is 19.1. The van der Waals surface area contributed by atoms with E-state index in [0.717, 1.165) is 0 Å². The topological polar surface area (TPSA) is 20.3 Å². The molecule has 0 aliphatic heterocycles. The van der Waals surface area contributed by atoms with Crippen LogP contribution >= 0.6 is 0 Å². The SMILES string of the molecule is CC(C)N(C)C(=O)c1ccc(F)c2ccccc12. The van der Waals surface area contributed by atoms with E-state index in [1.807, 2.05) is 19.9 Å². The first kappa shape index (κ1) is 12.6. The molecule has 0 saturated carbocycles. The molecule has 0 unspecified atom stereocenters. The summed E-state index contributed by atoms with van der Waals surface area (Å²) in [5.74, 6) is -0.379. The molecule has 0 saturated heterocycles. The fourth-order valence-corrected chi connectivity index (χ4v) is 1.87. The molecule has 2 nitrogen and oxygen atoms in total. The first-order valence-electron chi connectivity index (χ1n) is 5.96. The van der Waals surface area contributed by atoms with Gasteiger partial charge in [-0.1, -0.05) is 24.3 Å². The van der Waals surface area contributed by atoms with Crippen LogP contribution in [0, 0.1) is 5.82 Å². The van der Waals surface area contributed by atoms with Crippen LogP contribution in [0.25, 0.3) is 10.8 Å². The number of nitrogens with zero attached hydrogens (tertiary/aromatic N) is 1. The number of hydrogen-bond donors (Lipinski definition) is 0. The van der Waals surface area contributed by atoms with Crippen LogP contribution in [0.4, 0.5) is 4.39 Å². The molecule has 18 heavy (non-hydrogen) atoms. The molecular formula is C15H16FNO. The molecule has 2 rings (SSSR count). The van der Waals surface area contributed by atoms with E-state index in [9.17, 15) is 9.18 Å². The molecule has 0 heterocycles. The highest BCUT2D eigenvalue weighted by Gasteiger charge is 2.17. The Morgan fingerprint density at radius 3 is 2.33 bits per heavy atom. The molecule has 2 aromatic carbocycles. The monoisotopic (exact) mass is 245 g/mol. The Labute approximate surface area is 106 Å². The van der Waals surface area contributed by atoms with Gasteiger partial charge in [0.15, 0.2) is 0 Å². The Bertz CT molecular complexity index is 592. The molecule has 0 atom stereocenters. The van der Waals surface area contributed by atoms with Gasteiger partial charge in [0.25, 0.3) is 5.91 Å². The standard InChI is InChI=1S/C15H16FNO/c1-10(2)17(3)15(18)13-8-9-14(16)12-7-5-4-6-11(12)13/h4-10H,1-3H3. The van der Waals surface area contributed by atoms with Crippen LogP contribution in [-0.4, -0.2) is 23.9 Å². The van der Waals surface area contributed by atoms with Crippen molar-refractivity contribution >= 4 is 16.7 Å². The molecule has 0 radical (unpaired) electrons. The highest BCUT2D eigenvalue weighted by Crippen LogP contribution is 2.23. The molecule has 94 valence electrons. The zero-order valence-electron chi connectivity index (χ0n) is 10.8. The Balaban J connectivity index is 2.59. The molecule has 3 heteroatoms. The lowest BCUT2D eigenvalue weighted by atomic mass is 10.0. The Hall–Kier alpha value is -1.90. The molecule has 0 spiro atoms. The van der Waals surface area contributed by atoms with Crippen LogP contribution in [-0.2, 0) is 0 Å². The minimum Gasteiger partial charge on any atom is -0.339 e. The summed E-state index contributed by atoms with van der Waals surface area (Å²) in [6, 6.07) is 10.1. The third kappa shape index (κ3) is 2.08. The first-order valence-corrected chi connectivity index (χ1v) is 5.96. The van der Waals surface area contributed by atoms with Crippen molar-refractivity contribution in [2.45, 2.75) is 19.9 Å². The van der Waals surface area contributed by atoms with Gasteiger partial charge in [0.1, 0.15) is 5.82 Å². The normalized spacial score (nSPS) is 10.9. The molecule has 2 aromatic rings. The molecular weight excluding hydrogens is 229 g/mol. The van der Waals surface area contributed by atoms with Crippen molar-refractivity contribution in [1.29, 1.82) is 0 Å². The second-order valence-electron chi connectivity index (χ2n) is 4.65. The van der Waals surface area contributed by atoms with E-state index >= 15 is 0 Å². The maximum absolute atomic E-state index is 13.7. The third-order valence-electron chi connectivity index (χ3n) is 3.20. The molecule has 0 aliphatic rings. The smallest absolute Gasteiger partial charge is 0.254 e. The van der Waals surface area contributed by atoms with Crippen LogP contribution < -0.4 is 0 Å². The minimum absolute atomic E-state index is 0.0822.